The van der Waals surface area contributed by atoms with E-state index in [1.165, 1.54) is 0 Å². The molecule has 1 atom stereocenters. The first-order valence-corrected chi connectivity index (χ1v) is 10.00. The van der Waals surface area contributed by atoms with E-state index in [0.29, 0.717) is 26.0 Å². The van der Waals surface area contributed by atoms with Crippen LogP contribution in [0, 0.1) is 0 Å². The van der Waals surface area contributed by atoms with Crippen LogP contribution >= 0.6 is 0 Å². The van der Waals surface area contributed by atoms with Crippen molar-refractivity contribution in [1.82, 2.24) is 10.2 Å². The van der Waals surface area contributed by atoms with E-state index in [4.69, 9.17) is 4.74 Å². The third-order valence-corrected chi connectivity index (χ3v) is 5.02. The molecule has 0 radical (unpaired) electrons. The van der Waals surface area contributed by atoms with Gasteiger partial charge in [-0.25, -0.2) is 0 Å². The van der Waals surface area contributed by atoms with E-state index < -0.39 is 0 Å². The highest BCUT2D eigenvalue weighted by atomic mass is 16.5. The zero-order valence-electron chi connectivity index (χ0n) is 16.4. The second-order valence-electron chi connectivity index (χ2n) is 7.01. The lowest BCUT2D eigenvalue weighted by Crippen LogP contribution is -2.34. The van der Waals surface area contributed by atoms with Gasteiger partial charge in [-0.05, 0) is 43.0 Å². The van der Waals surface area contributed by atoms with Crippen molar-refractivity contribution in [3.63, 3.8) is 0 Å². The van der Waals surface area contributed by atoms with Crippen molar-refractivity contribution in [1.29, 1.82) is 0 Å². The molecule has 5 heteroatoms. The van der Waals surface area contributed by atoms with Gasteiger partial charge in [-0.3, -0.25) is 9.59 Å². The predicted octanol–water partition coefficient (Wildman–Crippen LogP) is 3.50. The second kappa shape index (κ2) is 9.93. The molecule has 0 saturated carbocycles. The maximum atomic E-state index is 12.7. The Morgan fingerprint density at radius 3 is 2.57 bits per heavy atom. The largest absolute Gasteiger partial charge is 0.494 e. The van der Waals surface area contributed by atoms with Gasteiger partial charge in [0.15, 0.2) is 0 Å². The van der Waals surface area contributed by atoms with Gasteiger partial charge in [0.25, 0.3) is 0 Å². The number of nitrogens with zero attached hydrogens (tertiary/aromatic N) is 1. The number of hydrogen-bond donors (Lipinski definition) is 1. The lowest BCUT2D eigenvalue weighted by Gasteiger charge is -2.25. The molecule has 2 aromatic rings. The van der Waals surface area contributed by atoms with E-state index in [1.807, 2.05) is 66.4 Å². The van der Waals surface area contributed by atoms with Crippen LogP contribution in [0.2, 0.25) is 0 Å². The van der Waals surface area contributed by atoms with Crippen molar-refractivity contribution in [2.24, 2.45) is 0 Å². The van der Waals surface area contributed by atoms with Gasteiger partial charge in [0.05, 0.1) is 19.1 Å². The Morgan fingerprint density at radius 2 is 1.86 bits per heavy atom. The zero-order chi connectivity index (χ0) is 19.8. The van der Waals surface area contributed by atoms with Crippen LogP contribution in [-0.4, -0.2) is 36.4 Å². The molecule has 1 fully saturated rings. The third-order valence-electron chi connectivity index (χ3n) is 5.02. The van der Waals surface area contributed by atoms with Gasteiger partial charge >= 0.3 is 0 Å². The number of hydrogen-bond acceptors (Lipinski definition) is 3. The molecule has 1 N–H and O–H groups in total. The Morgan fingerprint density at radius 1 is 1.11 bits per heavy atom. The minimum absolute atomic E-state index is 0.0523. The summed E-state index contributed by atoms with van der Waals surface area (Å²) >= 11 is 0. The summed E-state index contributed by atoms with van der Waals surface area (Å²) in [5, 5.41) is 2.86. The third kappa shape index (κ3) is 5.35. The van der Waals surface area contributed by atoms with Gasteiger partial charge in [0.1, 0.15) is 5.75 Å². The maximum absolute atomic E-state index is 12.7. The minimum atomic E-state index is -0.0523. The van der Waals surface area contributed by atoms with E-state index in [9.17, 15) is 9.59 Å². The Kier molecular flexibility index (Phi) is 7.06. The lowest BCUT2D eigenvalue weighted by molar-refractivity contribution is -0.132. The number of rotatable bonds is 8. The van der Waals surface area contributed by atoms with Crippen LogP contribution in [0.25, 0.3) is 0 Å². The molecule has 3 rings (SSSR count). The van der Waals surface area contributed by atoms with Gasteiger partial charge in [-0.1, -0.05) is 42.5 Å². The number of benzene rings is 2. The van der Waals surface area contributed by atoms with Gasteiger partial charge in [0, 0.05) is 19.5 Å². The summed E-state index contributed by atoms with van der Waals surface area (Å²) in [6.45, 7) is 3.75. The monoisotopic (exact) mass is 380 g/mol. The van der Waals surface area contributed by atoms with Crippen molar-refractivity contribution in [2.75, 3.05) is 19.7 Å². The smallest absolute Gasteiger partial charge is 0.224 e. The number of ether oxygens (including phenoxy) is 1. The summed E-state index contributed by atoms with van der Waals surface area (Å²) in [7, 11) is 0. The molecule has 0 bridgehead atoms. The Labute approximate surface area is 166 Å². The molecule has 1 saturated heterocycles. The predicted molar refractivity (Wildman–Crippen MR) is 109 cm³/mol. The average molecular weight is 380 g/mol. The van der Waals surface area contributed by atoms with E-state index in [1.54, 1.807) is 0 Å². The molecule has 0 aromatic heterocycles. The van der Waals surface area contributed by atoms with Crippen LogP contribution < -0.4 is 10.1 Å². The van der Waals surface area contributed by atoms with Gasteiger partial charge < -0.3 is 15.0 Å². The van der Waals surface area contributed by atoms with Gasteiger partial charge in [-0.2, -0.15) is 0 Å². The molecule has 1 heterocycles. The van der Waals surface area contributed by atoms with Crippen LogP contribution in [0.15, 0.2) is 54.6 Å². The standard InChI is InChI=1S/C23H28N2O3/c1-2-28-20-12-10-19(11-13-20)21-9-6-16-25(21)23(27)14-15-24-22(26)17-18-7-4-3-5-8-18/h3-5,7-8,10-13,21H,2,6,9,14-17H2,1H3,(H,24,26). The molecule has 1 aliphatic heterocycles. The van der Waals surface area contributed by atoms with Crippen LogP contribution in [0.1, 0.15) is 43.4 Å². The van der Waals surface area contributed by atoms with E-state index in [2.05, 4.69) is 5.32 Å². The van der Waals surface area contributed by atoms with Crippen molar-refractivity contribution < 1.29 is 14.3 Å². The number of nitrogens with one attached hydrogen (secondary N) is 1. The lowest BCUT2D eigenvalue weighted by atomic mass is 10.0. The first-order chi connectivity index (χ1) is 13.7. The number of carbonyl (C=O) groups is 2. The highest BCUT2D eigenvalue weighted by Crippen LogP contribution is 2.33. The van der Waals surface area contributed by atoms with Crippen molar-refractivity contribution in [3.8, 4) is 5.75 Å². The Hall–Kier alpha value is -2.82. The molecule has 1 unspecified atom stereocenters. The van der Waals surface area contributed by atoms with E-state index in [-0.39, 0.29) is 17.9 Å². The van der Waals surface area contributed by atoms with Crippen LogP contribution in [0.4, 0.5) is 0 Å². The van der Waals surface area contributed by atoms with E-state index >= 15 is 0 Å². The number of likely N-dealkylation sites (tertiary alicyclic amines) is 1. The molecule has 28 heavy (non-hydrogen) atoms. The summed E-state index contributed by atoms with van der Waals surface area (Å²) < 4.78 is 5.50. The Balaban J connectivity index is 1.48. The molecular formula is C23H28N2O3. The average Bonchev–Trinajstić information content (AvgIpc) is 3.19. The van der Waals surface area contributed by atoms with E-state index in [0.717, 1.165) is 36.3 Å². The fraction of sp³-hybridized carbons (Fsp3) is 0.391. The normalized spacial score (nSPS) is 16.0. The first-order valence-electron chi connectivity index (χ1n) is 10.00. The maximum Gasteiger partial charge on any atom is 0.224 e. The van der Waals surface area contributed by atoms with Crippen molar-refractivity contribution in [3.05, 3.63) is 65.7 Å². The molecular weight excluding hydrogens is 352 g/mol. The Bertz CT molecular complexity index is 774. The van der Waals surface area contributed by atoms with Crippen LogP contribution in [-0.2, 0) is 16.0 Å². The minimum Gasteiger partial charge on any atom is -0.494 e. The van der Waals surface area contributed by atoms with Crippen molar-refractivity contribution >= 4 is 11.8 Å². The quantitative estimate of drug-likeness (QED) is 0.763. The van der Waals surface area contributed by atoms with Gasteiger partial charge in [0.2, 0.25) is 11.8 Å². The van der Waals surface area contributed by atoms with Crippen LogP contribution in [0.3, 0.4) is 0 Å². The molecule has 0 aliphatic carbocycles. The molecule has 1 aliphatic rings. The summed E-state index contributed by atoms with van der Waals surface area (Å²) in [5.41, 5.74) is 2.11. The molecule has 5 nitrogen and oxygen atoms in total. The summed E-state index contributed by atoms with van der Waals surface area (Å²) in [6.07, 6.45) is 2.64. The topological polar surface area (TPSA) is 58.6 Å². The summed E-state index contributed by atoms with van der Waals surface area (Å²) in [5.74, 6) is 0.892. The van der Waals surface area contributed by atoms with Crippen molar-refractivity contribution in [2.45, 2.75) is 38.6 Å². The molecule has 2 aromatic carbocycles. The second-order valence-corrected chi connectivity index (χ2v) is 7.01. The molecule has 2 amide bonds. The highest BCUT2D eigenvalue weighted by molar-refractivity contribution is 5.80. The SMILES string of the molecule is CCOc1ccc(C2CCCN2C(=O)CCNC(=O)Cc2ccccc2)cc1. The summed E-state index contributed by atoms with van der Waals surface area (Å²) in [6, 6.07) is 17.7. The first kappa shape index (κ1) is 19.9. The fourth-order valence-corrected chi connectivity index (χ4v) is 3.66. The molecule has 148 valence electrons. The highest BCUT2D eigenvalue weighted by Gasteiger charge is 2.29. The number of carbonyl (C=O) groups excluding carboxylic acids is 2. The fourth-order valence-electron chi connectivity index (χ4n) is 3.66. The zero-order valence-corrected chi connectivity index (χ0v) is 16.4. The summed E-state index contributed by atoms with van der Waals surface area (Å²) in [4.78, 5) is 26.7. The van der Waals surface area contributed by atoms with Crippen LogP contribution in [0.5, 0.6) is 5.75 Å². The molecule has 0 spiro atoms. The number of amides is 2. The van der Waals surface area contributed by atoms with Gasteiger partial charge in [-0.15, -0.1) is 0 Å².